The largest absolute Gasteiger partial charge is 0.384 e. The fourth-order valence-corrected chi connectivity index (χ4v) is 3.55. The second-order valence-electron chi connectivity index (χ2n) is 6.56. The molecule has 1 atom stereocenters. The molecule has 1 aliphatic rings. The van der Waals surface area contributed by atoms with Crippen LogP contribution in [0.15, 0.2) is 30.3 Å². The number of rotatable bonds is 3. The molecule has 6 heteroatoms. The van der Waals surface area contributed by atoms with Crippen LogP contribution in [-0.4, -0.2) is 33.0 Å². The van der Waals surface area contributed by atoms with Crippen molar-refractivity contribution in [1.29, 1.82) is 0 Å². The smallest absolute Gasteiger partial charge is 0.134 e. The summed E-state index contributed by atoms with van der Waals surface area (Å²) in [5.74, 6) is 3.84. The van der Waals surface area contributed by atoms with E-state index in [4.69, 9.17) is 10.7 Å². The molecule has 3 heterocycles. The number of nitrogens with zero attached hydrogens (tertiary/aromatic N) is 4. The van der Waals surface area contributed by atoms with Crippen LogP contribution in [0.5, 0.6) is 0 Å². The number of nitrogens with two attached hydrogens (primary N) is 1. The molecule has 24 heavy (non-hydrogen) atoms. The van der Waals surface area contributed by atoms with E-state index < -0.39 is 0 Å². The van der Waals surface area contributed by atoms with Crippen molar-refractivity contribution in [2.75, 3.05) is 23.7 Å². The fourth-order valence-electron chi connectivity index (χ4n) is 3.55. The summed E-state index contributed by atoms with van der Waals surface area (Å²) in [6.45, 7) is 3.88. The highest BCUT2D eigenvalue weighted by Gasteiger charge is 2.22. The number of hydrogen-bond donors (Lipinski definition) is 2. The van der Waals surface area contributed by atoms with E-state index in [1.165, 1.54) is 6.42 Å². The summed E-state index contributed by atoms with van der Waals surface area (Å²) in [7, 11) is 0. The Kier molecular flexibility index (Phi) is 3.80. The van der Waals surface area contributed by atoms with E-state index in [-0.39, 0.29) is 0 Å². The van der Waals surface area contributed by atoms with Crippen molar-refractivity contribution in [3.05, 3.63) is 42.0 Å². The van der Waals surface area contributed by atoms with Gasteiger partial charge in [0, 0.05) is 25.6 Å². The Morgan fingerprint density at radius 3 is 2.96 bits per heavy atom. The maximum atomic E-state index is 5.87. The molecule has 0 spiro atoms. The summed E-state index contributed by atoms with van der Waals surface area (Å²) >= 11 is 0. The van der Waals surface area contributed by atoms with Gasteiger partial charge >= 0.3 is 0 Å². The van der Waals surface area contributed by atoms with E-state index in [9.17, 15) is 0 Å². The van der Waals surface area contributed by atoms with E-state index in [2.05, 4.69) is 32.0 Å². The molecule has 3 aromatic rings. The van der Waals surface area contributed by atoms with Gasteiger partial charge in [-0.3, -0.25) is 0 Å². The number of aromatic nitrogens is 4. The molecule has 0 radical (unpaired) electrons. The van der Waals surface area contributed by atoms with Gasteiger partial charge in [-0.05, 0) is 37.8 Å². The number of piperidine rings is 1. The molecule has 4 rings (SSSR count). The van der Waals surface area contributed by atoms with Gasteiger partial charge < -0.3 is 15.6 Å². The predicted molar refractivity (Wildman–Crippen MR) is 95.9 cm³/mol. The average Bonchev–Trinajstić information content (AvgIpc) is 2.96. The van der Waals surface area contributed by atoms with Gasteiger partial charge in [-0.25, -0.2) is 15.0 Å². The normalized spacial score (nSPS) is 18.2. The Hall–Kier alpha value is -2.63. The fraction of sp³-hybridized carbons (Fsp3) is 0.389. The second kappa shape index (κ2) is 6.11. The molecule has 2 aromatic heterocycles. The van der Waals surface area contributed by atoms with Crippen LogP contribution >= 0.6 is 0 Å². The highest BCUT2D eigenvalue weighted by Crippen LogP contribution is 2.25. The van der Waals surface area contributed by atoms with Crippen molar-refractivity contribution in [2.24, 2.45) is 5.92 Å². The summed E-state index contributed by atoms with van der Waals surface area (Å²) in [6.07, 6.45) is 3.34. The third kappa shape index (κ3) is 3.04. The van der Waals surface area contributed by atoms with E-state index in [0.29, 0.717) is 11.7 Å². The molecule has 1 unspecified atom stereocenters. The van der Waals surface area contributed by atoms with Crippen molar-refractivity contribution in [3.63, 3.8) is 0 Å². The van der Waals surface area contributed by atoms with E-state index in [0.717, 1.165) is 54.4 Å². The first kappa shape index (κ1) is 14.9. The number of nitrogens with one attached hydrogen (secondary N) is 1. The lowest BCUT2D eigenvalue weighted by Crippen LogP contribution is -2.37. The lowest BCUT2D eigenvalue weighted by molar-refractivity contribution is 0.405. The Bertz CT molecular complexity index is 802. The second-order valence-corrected chi connectivity index (χ2v) is 6.56. The van der Waals surface area contributed by atoms with E-state index in [1.54, 1.807) is 0 Å². The quantitative estimate of drug-likeness (QED) is 0.774. The van der Waals surface area contributed by atoms with Crippen LogP contribution in [0.2, 0.25) is 0 Å². The van der Waals surface area contributed by atoms with Crippen LogP contribution in [-0.2, 0) is 6.42 Å². The zero-order chi connectivity index (χ0) is 16.5. The van der Waals surface area contributed by atoms with Gasteiger partial charge in [0.15, 0.2) is 0 Å². The third-order valence-electron chi connectivity index (χ3n) is 4.61. The first-order valence-electron chi connectivity index (χ1n) is 8.47. The van der Waals surface area contributed by atoms with Crippen LogP contribution in [0.1, 0.15) is 24.5 Å². The molecular weight excluding hydrogens is 300 g/mol. The highest BCUT2D eigenvalue weighted by atomic mass is 15.2. The molecule has 0 saturated carbocycles. The zero-order valence-electron chi connectivity index (χ0n) is 13.9. The number of imidazole rings is 1. The Morgan fingerprint density at radius 2 is 2.12 bits per heavy atom. The number of aryl methyl sites for hydroxylation is 1. The minimum atomic E-state index is 0.539. The number of hydrogen-bond acceptors (Lipinski definition) is 5. The van der Waals surface area contributed by atoms with Gasteiger partial charge in [0.2, 0.25) is 0 Å². The number of aromatic amines is 1. The standard InChI is InChI=1S/C18H22N6/c1-12-20-16(19)10-18(21-12)24-8-4-5-13(11-24)9-17-22-14-6-2-3-7-15(14)23-17/h2-3,6-7,10,13H,4-5,8-9,11H2,1H3,(H,22,23)(H2,19,20,21). The van der Waals surface area contributed by atoms with Crippen LogP contribution in [0.3, 0.4) is 0 Å². The Labute approximate surface area is 141 Å². The van der Waals surface area contributed by atoms with Crippen molar-refractivity contribution >= 4 is 22.7 Å². The first-order chi connectivity index (χ1) is 11.7. The van der Waals surface area contributed by atoms with Crippen molar-refractivity contribution in [1.82, 2.24) is 19.9 Å². The summed E-state index contributed by atoms with van der Waals surface area (Å²) in [4.78, 5) is 19.2. The molecular formula is C18H22N6. The Morgan fingerprint density at radius 1 is 1.25 bits per heavy atom. The maximum Gasteiger partial charge on any atom is 0.134 e. The zero-order valence-corrected chi connectivity index (χ0v) is 13.9. The number of anilines is 2. The summed E-state index contributed by atoms with van der Waals surface area (Å²) in [5, 5.41) is 0. The first-order valence-corrected chi connectivity index (χ1v) is 8.47. The molecule has 6 nitrogen and oxygen atoms in total. The topological polar surface area (TPSA) is 83.7 Å². The minimum Gasteiger partial charge on any atom is -0.384 e. The van der Waals surface area contributed by atoms with Gasteiger partial charge in [-0.15, -0.1) is 0 Å². The summed E-state index contributed by atoms with van der Waals surface area (Å²) < 4.78 is 0. The molecule has 3 N–H and O–H groups in total. The van der Waals surface area contributed by atoms with E-state index in [1.807, 2.05) is 25.1 Å². The van der Waals surface area contributed by atoms with Gasteiger partial charge in [0.05, 0.1) is 11.0 Å². The number of benzene rings is 1. The molecule has 1 fully saturated rings. The number of fused-ring (bicyclic) bond motifs is 1. The third-order valence-corrected chi connectivity index (χ3v) is 4.61. The molecule has 1 aromatic carbocycles. The molecule has 124 valence electrons. The van der Waals surface area contributed by atoms with Gasteiger partial charge in [0.25, 0.3) is 0 Å². The number of H-pyrrole nitrogens is 1. The van der Waals surface area contributed by atoms with Gasteiger partial charge in [-0.1, -0.05) is 12.1 Å². The maximum absolute atomic E-state index is 5.87. The predicted octanol–water partition coefficient (Wildman–Crippen LogP) is 2.70. The monoisotopic (exact) mass is 322 g/mol. The van der Waals surface area contributed by atoms with Gasteiger partial charge in [-0.2, -0.15) is 0 Å². The van der Waals surface area contributed by atoms with Crippen LogP contribution in [0, 0.1) is 12.8 Å². The minimum absolute atomic E-state index is 0.539. The van der Waals surface area contributed by atoms with E-state index >= 15 is 0 Å². The summed E-state index contributed by atoms with van der Waals surface area (Å²) in [5.41, 5.74) is 8.03. The SMILES string of the molecule is Cc1nc(N)cc(N2CCCC(Cc3nc4ccccc4[nH]3)C2)n1. The van der Waals surface area contributed by atoms with Crippen molar-refractivity contribution in [2.45, 2.75) is 26.2 Å². The molecule has 1 aliphatic heterocycles. The summed E-state index contributed by atoms with van der Waals surface area (Å²) in [6, 6.07) is 10.1. The Balaban J connectivity index is 1.50. The van der Waals surface area contributed by atoms with Crippen LogP contribution < -0.4 is 10.6 Å². The van der Waals surface area contributed by atoms with Crippen LogP contribution in [0.4, 0.5) is 11.6 Å². The van der Waals surface area contributed by atoms with Crippen LogP contribution in [0.25, 0.3) is 11.0 Å². The average molecular weight is 322 g/mol. The molecule has 1 saturated heterocycles. The molecule has 0 bridgehead atoms. The lowest BCUT2D eigenvalue weighted by Gasteiger charge is -2.33. The lowest BCUT2D eigenvalue weighted by atomic mass is 9.94. The van der Waals surface area contributed by atoms with Gasteiger partial charge in [0.1, 0.15) is 23.3 Å². The number of nitrogen functional groups attached to an aromatic ring is 1. The molecule has 0 amide bonds. The van der Waals surface area contributed by atoms with Crippen molar-refractivity contribution in [3.8, 4) is 0 Å². The number of para-hydroxylation sites is 2. The van der Waals surface area contributed by atoms with Crippen molar-refractivity contribution < 1.29 is 0 Å². The highest BCUT2D eigenvalue weighted by molar-refractivity contribution is 5.74. The molecule has 0 aliphatic carbocycles.